The summed E-state index contributed by atoms with van der Waals surface area (Å²) in [7, 11) is 0. The lowest BCUT2D eigenvalue weighted by molar-refractivity contribution is -0.142. The van der Waals surface area contributed by atoms with E-state index in [0.29, 0.717) is 4.88 Å². The van der Waals surface area contributed by atoms with Gasteiger partial charge in [-0.2, -0.15) is 0 Å². The molecule has 2 unspecified atom stereocenters. The highest BCUT2D eigenvalue weighted by Gasteiger charge is 2.23. The summed E-state index contributed by atoms with van der Waals surface area (Å²) in [5.74, 6) is -1.75. The Kier molecular flexibility index (Phi) is 5.08. The molecule has 0 aliphatic rings. The number of carboxylic acid groups (broad SMARTS) is 1. The number of nitrogens with two attached hydrogens (primary N) is 1. The van der Waals surface area contributed by atoms with Crippen molar-refractivity contribution in [3.63, 3.8) is 0 Å². The molecule has 0 aliphatic heterocycles. The fourth-order valence-electron chi connectivity index (χ4n) is 1.25. The molecule has 0 saturated heterocycles. The summed E-state index contributed by atoms with van der Waals surface area (Å²) < 4.78 is 0. The Morgan fingerprint density at radius 1 is 1.53 bits per heavy atom. The van der Waals surface area contributed by atoms with Crippen LogP contribution in [0.25, 0.3) is 0 Å². The number of hydrogen-bond acceptors (Lipinski definition) is 5. The number of rotatable bonds is 6. The molecule has 1 rings (SSSR count). The van der Waals surface area contributed by atoms with Crippen molar-refractivity contribution >= 4 is 23.2 Å². The van der Waals surface area contributed by atoms with Gasteiger partial charge in [-0.15, -0.1) is 11.3 Å². The summed E-state index contributed by atoms with van der Waals surface area (Å²) in [6, 6.07) is 1.47. The van der Waals surface area contributed by atoms with Crippen molar-refractivity contribution in [1.82, 2.24) is 5.32 Å². The molecule has 1 heterocycles. The van der Waals surface area contributed by atoms with Crippen molar-refractivity contribution in [3.8, 4) is 0 Å². The average molecular weight is 258 g/mol. The smallest absolute Gasteiger partial charge is 0.326 e. The molecule has 2 atom stereocenters. The van der Waals surface area contributed by atoms with Gasteiger partial charge in [0, 0.05) is 17.9 Å². The number of hydrogen-bond donors (Lipinski definition) is 4. The van der Waals surface area contributed by atoms with Crippen molar-refractivity contribution in [2.75, 3.05) is 6.61 Å². The maximum absolute atomic E-state index is 11.7. The van der Waals surface area contributed by atoms with Gasteiger partial charge in [0.05, 0.1) is 0 Å². The molecule has 1 amide bonds. The lowest BCUT2D eigenvalue weighted by Gasteiger charge is -2.16. The normalized spacial score (nSPS) is 14.0. The molecule has 1 aromatic heterocycles. The summed E-state index contributed by atoms with van der Waals surface area (Å²) in [4.78, 5) is 23.1. The van der Waals surface area contributed by atoms with Crippen LogP contribution in [0.15, 0.2) is 17.5 Å². The SMILES string of the molecule is NC(C(=O)NC(CCO)C(=O)O)c1cccs1. The first-order chi connectivity index (χ1) is 8.06. The number of aliphatic carboxylic acids is 1. The monoisotopic (exact) mass is 258 g/mol. The number of aliphatic hydroxyl groups is 1. The van der Waals surface area contributed by atoms with Crippen LogP contribution in [-0.2, 0) is 9.59 Å². The van der Waals surface area contributed by atoms with E-state index in [1.165, 1.54) is 11.3 Å². The molecule has 7 heteroatoms. The lowest BCUT2D eigenvalue weighted by Crippen LogP contribution is -2.45. The minimum atomic E-state index is -1.19. The van der Waals surface area contributed by atoms with Crippen LogP contribution < -0.4 is 11.1 Å². The molecule has 0 spiro atoms. The Hall–Kier alpha value is -1.44. The van der Waals surface area contributed by atoms with E-state index in [1.807, 2.05) is 0 Å². The van der Waals surface area contributed by atoms with Gasteiger partial charge < -0.3 is 21.3 Å². The number of nitrogens with one attached hydrogen (secondary N) is 1. The summed E-state index contributed by atoms with van der Waals surface area (Å²) in [5, 5.41) is 21.5. The van der Waals surface area contributed by atoms with Crippen molar-refractivity contribution in [2.24, 2.45) is 5.73 Å². The standard InChI is InChI=1S/C10H14N2O4S/c11-8(7-2-1-5-17-7)9(14)12-6(3-4-13)10(15)16/h1-2,5-6,8,13H,3-4,11H2,(H,12,14)(H,15,16). The highest BCUT2D eigenvalue weighted by Crippen LogP contribution is 2.16. The number of carboxylic acids is 1. The van der Waals surface area contributed by atoms with Gasteiger partial charge in [0.25, 0.3) is 0 Å². The number of carbonyl (C=O) groups is 2. The van der Waals surface area contributed by atoms with Gasteiger partial charge in [0.2, 0.25) is 5.91 Å². The van der Waals surface area contributed by atoms with Gasteiger partial charge in [-0.1, -0.05) is 6.07 Å². The molecular weight excluding hydrogens is 244 g/mol. The molecule has 6 nitrogen and oxygen atoms in total. The molecule has 0 bridgehead atoms. The molecule has 1 aromatic rings. The van der Waals surface area contributed by atoms with Crippen LogP contribution in [0.2, 0.25) is 0 Å². The fraction of sp³-hybridized carbons (Fsp3) is 0.400. The molecule has 0 fully saturated rings. The van der Waals surface area contributed by atoms with Crippen LogP contribution in [0, 0.1) is 0 Å². The third-order valence-corrected chi connectivity index (χ3v) is 3.12. The molecule has 5 N–H and O–H groups in total. The van der Waals surface area contributed by atoms with Crippen LogP contribution in [0.3, 0.4) is 0 Å². The first-order valence-corrected chi connectivity index (χ1v) is 5.87. The number of carbonyl (C=O) groups excluding carboxylic acids is 1. The molecule has 0 saturated carbocycles. The number of aliphatic hydroxyl groups excluding tert-OH is 1. The third-order valence-electron chi connectivity index (χ3n) is 2.16. The zero-order valence-electron chi connectivity index (χ0n) is 9.00. The predicted molar refractivity (Wildman–Crippen MR) is 62.5 cm³/mol. The van der Waals surface area contributed by atoms with Crippen molar-refractivity contribution in [2.45, 2.75) is 18.5 Å². The van der Waals surface area contributed by atoms with E-state index in [9.17, 15) is 9.59 Å². The van der Waals surface area contributed by atoms with Crippen molar-refractivity contribution in [3.05, 3.63) is 22.4 Å². The minimum Gasteiger partial charge on any atom is -0.480 e. The predicted octanol–water partition coefficient (Wildman–Crippen LogP) is -0.300. The second-order valence-electron chi connectivity index (χ2n) is 3.40. The zero-order valence-corrected chi connectivity index (χ0v) is 9.81. The first-order valence-electron chi connectivity index (χ1n) is 4.99. The maximum Gasteiger partial charge on any atom is 0.326 e. The molecule has 0 aliphatic carbocycles. The summed E-state index contributed by atoms with van der Waals surface area (Å²) in [6.45, 7) is -0.314. The molecule has 0 aromatic carbocycles. The molecular formula is C10H14N2O4S. The highest BCUT2D eigenvalue weighted by molar-refractivity contribution is 7.10. The van der Waals surface area contributed by atoms with E-state index in [0.717, 1.165) is 0 Å². The van der Waals surface area contributed by atoms with Crippen LogP contribution in [0.1, 0.15) is 17.3 Å². The Balaban J connectivity index is 2.61. The van der Waals surface area contributed by atoms with E-state index in [-0.39, 0.29) is 13.0 Å². The van der Waals surface area contributed by atoms with Crippen molar-refractivity contribution in [1.29, 1.82) is 0 Å². The average Bonchev–Trinajstić information content (AvgIpc) is 2.80. The largest absolute Gasteiger partial charge is 0.480 e. The molecule has 0 radical (unpaired) electrons. The molecule has 17 heavy (non-hydrogen) atoms. The van der Waals surface area contributed by atoms with Gasteiger partial charge in [0.15, 0.2) is 0 Å². The zero-order chi connectivity index (χ0) is 12.8. The van der Waals surface area contributed by atoms with Crippen molar-refractivity contribution < 1.29 is 19.8 Å². The Bertz CT molecular complexity index is 380. The van der Waals surface area contributed by atoms with E-state index in [2.05, 4.69) is 5.32 Å². The minimum absolute atomic E-state index is 0.0434. The van der Waals surface area contributed by atoms with Crippen LogP contribution >= 0.6 is 11.3 Å². The summed E-state index contributed by atoms with van der Waals surface area (Å²) in [5.41, 5.74) is 5.67. The number of thiophene rings is 1. The second-order valence-corrected chi connectivity index (χ2v) is 4.38. The van der Waals surface area contributed by atoms with Crippen LogP contribution in [0.5, 0.6) is 0 Å². The molecule has 94 valence electrons. The van der Waals surface area contributed by atoms with E-state index in [1.54, 1.807) is 17.5 Å². The Morgan fingerprint density at radius 3 is 2.71 bits per heavy atom. The number of amides is 1. The first kappa shape index (κ1) is 13.6. The maximum atomic E-state index is 11.7. The van der Waals surface area contributed by atoms with Crippen LogP contribution in [0.4, 0.5) is 0 Å². The van der Waals surface area contributed by atoms with E-state index < -0.39 is 24.0 Å². The van der Waals surface area contributed by atoms with E-state index >= 15 is 0 Å². The van der Waals surface area contributed by atoms with E-state index in [4.69, 9.17) is 15.9 Å². The Labute approximate surface area is 102 Å². The van der Waals surface area contributed by atoms with Gasteiger partial charge in [-0.25, -0.2) is 4.79 Å². The van der Waals surface area contributed by atoms with Gasteiger partial charge in [-0.3, -0.25) is 4.79 Å². The topological polar surface area (TPSA) is 113 Å². The second kappa shape index (κ2) is 6.33. The lowest BCUT2D eigenvalue weighted by atomic mass is 10.2. The van der Waals surface area contributed by atoms with Crippen LogP contribution in [-0.4, -0.2) is 34.7 Å². The third kappa shape index (κ3) is 3.81. The summed E-state index contributed by atoms with van der Waals surface area (Å²) in [6.07, 6.45) is -0.0434. The quantitative estimate of drug-likeness (QED) is 0.559. The Morgan fingerprint density at radius 2 is 2.24 bits per heavy atom. The summed E-state index contributed by atoms with van der Waals surface area (Å²) >= 11 is 1.33. The fourth-order valence-corrected chi connectivity index (χ4v) is 1.97. The van der Waals surface area contributed by atoms with Gasteiger partial charge >= 0.3 is 5.97 Å². The highest BCUT2D eigenvalue weighted by atomic mass is 32.1. The van der Waals surface area contributed by atoms with Gasteiger partial charge in [0.1, 0.15) is 12.1 Å². The van der Waals surface area contributed by atoms with Gasteiger partial charge in [-0.05, 0) is 11.4 Å².